The zero-order valence-electron chi connectivity index (χ0n) is 18.3. The molecular weight excluding hydrogens is 421 g/mol. The molecule has 164 valence electrons. The minimum Gasteiger partial charge on any atom is -0.383 e. The highest BCUT2D eigenvalue weighted by molar-refractivity contribution is 7.18. The third-order valence-corrected chi connectivity index (χ3v) is 6.99. The molecule has 1 atom stereocenters. The highest BCUT2D eigenvalue weighted by atomic mass is 32.1. The fourth-order valence-electron chi connectivity index (χ4n) is 4.38. The summed E-state index contributed by atoms with van der Waals surface area (Å²) >= 11 is 1.63. The molecule has 0 saturated carbocycles. The molecule has 4 nitrogen and oxygen atoms in total. The second-order valence-corrected chi connectivity index (χ2v) is 9.43. The molecule has 0 bridgehead atoms. The first kappa shape index (κ1) is 20.9. The second kappa shape index (κ2) is 8.88. The molecule has 3 aromatic carbocycles. The Morgan fingerprint density at radius 1 is 1.06 bits per heavy atom. The number of hydrogen-bond acceptors (Lipinski definition) is 5. The molecule has 1 aromatic heterocycles. The zero-order chi connectivity index (χ0) is 22.1. The average Bonchev–Trinajstić information content (AvgIpc) is 3.36. The van der Waals surface area contributed by atoms with Gasteiger partial charge in [0.25, 0.3) is 0 Å². The highest BCUT2D eigenvalue weighted by Crippen LogP contribution is 2.39. The van der Waals surface area contributed by atoms with Crippen LogP contribution in [0.1, 0.15) is 16.1 Å². The minimum atomic E-state index is -0.245. The van der Waals surface area contributed by atoms with Crippen LogP contribution in [0.15, 0.2) is 66.7 Å². The Labute approximate surface area is 191 Å². The number of benzene rings is 3. The summed E-state index contributed by atoms with van der Waals surface area (Å²) in [5.74, 6) is -0.245. The lowest BCUT2D eigenvalue weighted by atomic mass is 10.0. The Kier molecular flexibility index (Phi) is 5.81. The van der Waals surface area contributed by atoms with E-state index in [1.54, 1.807) is 18.4 Å². The number of anilines is 2. The molecular formula is C26H26FN3OS. The summed E-state index contributed by atoms with van der Waals surface area (Å²) in [5.41, 5.74) is 5.72. The summed E-state index contributed by atoms with van der Waals surface area (Å²) in [6.07, 6.45) is 0.913. The van der Waals surface area contributed by atoms with Crippen molar-refractivity contribution in [2.24, 2.45) is 0 Å². The second-order valence-electron chi connectivity index (χ2n) is 8.32. The van der Waals surface area contributed by atoms with Gasteiger partial charge in [0, 0.05) is 13.2 Å². The van der Waals surface area contributed by atoms with Crippen molar-refractivity contribution in [3.05, 3.63) is 88.7 Å². The Hall–Kier alpha value is -2.96. The standard InChI is InChI=1S/C26H26FN3OS/c1-18-7-9-19(10-8-18)13-21(16-31-2)30-17-29(23-5-3-4-6-24(23)30)15-26-28-22-14-20(27)11-12-25(22)32-26/h3-12,14,21H,13,15-17H2,1-2H3/t21-/m0/s1. The normalized spacial score (nSPS) is 14.2. The molecule has 32 heavy (non-hydrogen) atoms. The quantitative estimate of drug-likeness (QED) is 0.359. The number of ether oxygens (including phenoxy) is 1. The monoisotopic (exact) mass is 447 g/mol. The highest BCUT2D eigenvalue weighted by Gasteiger charge is 2.31. The van der Waals surface area contributed by atoms with Gasteiger partial charge in [0.15, 0.2) is 0 Å². The van der Waals surface area contributed by atoms with Crippen LogP contribution in [0.3, 0.4) is 0 Å². The van der Waals surface area contributed by atoms with Gasteiger partial charge in [-0.2, -0.15) is 0 Å². The molecule has 0 amide bonds. The summed E-state index contributed by atoms with van der Waals surface area (Å²) in [6, 6.07) is 22.3. The van der Waals surface area contributed by atoms with Gasteiger partial charge >= 0.3 is 0 Å². The molecule has 6 heteroatoms. The Bertz CT molecular complexity index is 1220. The van der Waals surface area contributed by atoms with E-state index in [0.717, 1.165) is 28.3 Å². The van der Waals surface area contributed by atoms with E-state index in [4.69, 9.17) is 4.74 Å². The Morgan fingerprint density at radius 3 is 2.62 bits per heavy atom. The summed E-state index contributed by atoms with van der Waals surface area (Å²) in [4.78, 5) is 9.47. The molecule has 5 rings (SSSR count). The molecule has 0 fully saturated rings. The van der Waals surface area contributed by atoms with Crippen LogP contribution in [0.2, 0.25) is 0 Å². The maximum atomic E-state index is 13.6. The van der Waals surface area contributed by atoms with Crippen LogP contribution in [-0.4, -0.2) is 31.4 Å². The maximum Gasteiger partial charge on any atom is 0.125 e. The molecule has 1 aliphatic rings. The number of halogens is 1. The van der Waals surface area contributed by atoms with Crippen LogP contribution >= 0.6 is 11.3 Å². The predicted molar refractivity (Wildman–Crippen MR) is 130 cm³/mol. The van der Waals surface area contributed by atoms with Crippen molar-refractivity contribution < 1.29 is 9.13 Å². The SMILES string of the molecule is COC[C@H](Cc1ccc(C)cc1)N1CN(Cc2nc3cc(F)ccc3s2)c2ccccc21. The number of fused-ring (bicyclic) bond motifs is 2. The van der Waals surface area contributed by atoms with E-state index in [9.17, 15) is 4.39 Å². The van der Waals surface area contributed by atoms with Gasteiger partial charge in [0.1, 0.15) is 10.8 Å². The Morgan fingerprint density at radius 2 is 1.84 bits per heavy atom. The van der Waals surface area contributed by atoms with Gasteiger partial charge in [0.05, 0.1) is 47.5 Å². The number of rotatable bonds is 7. The summed E-state index contributed by atoms with van der Waals surface area (Å²) < 4.78 is 20.2. The topological polar surface area (TPSA) is 28.6 Å². The molecule has 0 radical (unpaired) electrons. The van der Waals surface area contributed by atoms with E-state index in [-0.39, 0.29) is 11.9 Å². The van der Waals surface area contributed by atoms with Crippen LogP contribution in [0.25, 0.3) is 10.2 Å². The van der Waals surface area contributed by atoms with Crippen molar-refractivity contribution in [3.8, 4) is 0 Å². The molecule has 0 N–H and O–H groups in total. The zero-order valence-corrected chi connectivity index (χ0v) is 19.1. The van der Waals surface area contributed by atoms with Crippen LogP contribution in [-0.2, 0) is 17.7 Å². The molecule has 0 aliphatic carbocycles. The van der Waals surface area contributed by atoms with Crippen LogP contribution in [0.5, 0.6) is 0 Å². The first-order valence-electron chi connectivity index (χ1n) is 10.8. The fraction of sp³-hybridized carbons (Fsp3) is 0.269. The predicted octanol–water partition coefficient (Wildman–Crippen LogP) is 5.79. The largest absolute Gasteiger partial charge is 0.383 e. The van der Waals surface area contributed by atoms with E-state index >= 15 is 0 Å². The van der Waals surface area contributed by atoms with Crippen molar-refractivity contribution in [1.29, 1.82) is 0 Å². The molecule has 2 heterocycles. The fourth-order valence-corrected chi connectivity index (χ4v) is 5.35. The van der Waals surface area contributed by atoms with Gasteiger partial charge in [-0.25, -0.2) is 9.37 Å². The third kappa shape index (κ3) is 4.20. The number of aromatic nitrogens is 1. The van der Waals surface area contributed by atoms with Crippen LogP contribution < -0.4 is 9.80 Å². The molecule has 0 saturated heterocycles. The van der Waals surface area contributed by atoms with Gasteiger partial charge in [-0.1, -0.05) is 42.0 Å². The number of para-hydroxylation sites is 2. The average molecular weight is 448 g/mol. The number of methoxy groups -OCH3 is 1. The van der Waals surface area contributed by atoms with E-state index in [1.165, 1.54) is 34.6 Å². The van der Waals surface area contributed by atoms with Crippen molar-refractivity contribution in [2.45, 2.75) is 25.9 Å². The van der Waals surface area contributed by atoms with E-state index < -0.39 is 0 Å². The summed E-state index contributed by atoms with van der Waals surface area (Å²) in [7, 11) is 1.77. The smallest absolute Gasteiger partial charge is 0.125 e. The third-order valence-electron chi connectivity index (χ3n) is 5.97. The lowest BCUT2D eigenvalue weighted by Crippen LogP contribution is -2.42. The lowest BCUT2D eigenvalue weighted by Gasteiger charge is -2.30. The first-order chi connectivity index (χ1) is 15.6. The van der Waals surface area contributed by atoms with E-state index in [1.807, 2.05) is 6.07 Å². The van der Waals surface area contributed by atoms with Crippen LogP contribution in [0, 0.1) is 12.7 Å². The Balaban J connectivity index is 1.41. The number of nitrogens with zero attached hydrogens (tertiary/aromatic N) is 3. The van der Waals surface area contributed by atoms with Crippen molar-refractivity contribution in [3.63, 3.8) is 0 Å². The summed E-state index contributed by atoms with van der Waals surface area (Å²) in [5, 5.41) is 0.990. The van der Waals surface area contributed by atoms with Gasteiger partial charge in [-0.15, -0.1) is 11.3 Å². The van der Waals surface area contributed by atoms with Gasteiger partial charge in [-0.05, 0) is 43.2 Å². The van der Waals surface area contributed by atoms with Gasteiger partial charge < -0.3 is 14.5 Å². The number of aryl methyl sites for hydroxylation is 1. The minimum absolute atomic E-state index is 0.221. The van der Waals surface area contributed by atoms with Crippen molar-refractivity contribution in [2.75, 3.05) is 30.2 Å². The van der Waals surface area contributed by atoms with Crippen molar-refractivity contribution >= 4 is 32.9 Å². The molecule has 0 spiro atoms. The molecule has 4 aromatic rings. The summed E-state index contributed by atoms with van der Waals surface area (Å²) in [6.45, 7) is 4.22. The number of hydrogen-bond donors (Lipinski definition) is 0. The van der Waals surface area contributed by atoms with E-state index in [2.05, 4.69) is 70.2 Å². The molecule has 1 aliphatic heterocycles. The van der Waals surface area contributed by atoms with Crippen LogP contribution in [0.4, 0.5) is 15.8 Å². The van der Waals surface area contributed by atoms with Gasteiger partial charge in [-0.3, -0.25) is 0 Å². The molecule has 0 unspecified atom stereocenters. The van der Waals surface area contributed by atoms with Crippen molar-refractivity contribution in [1.82, 2.24) is 4.98 Å². The van der Waals surface area contributed by atoms with Gasteiger partial charge in [0.2, 0.25) is 0 Å². The lowest BCUT2D eigenvalue weighted by molar-refractivity contribution is 0.176. The number of thiazole rings is 1. The van der Waals surface area contributed by atoms with E-state index in [0.29, 0.717) is 13.2 Å². The first-order valence-corrected chi connectivity index (χ1v) is 11.6. The maximum absolute atomic E-state index is 13.6.